The number of amides is 2. The summed E-state index contributed by atoms with van der Waals surface area (Å²) in [7, 11) is 4.07. The van der Waals surface area contributed by atoms with Crippen molar-refractivity contribution >= 4 is 45.0 Å². The molecule has 2 aromatic heterocycles. The molecule has 6 heteroatoms. The summed E-state index contributed by atoms with van der Waals surface area (Å²) in [4.78, 5) is 32.1. The maximum atomic E-state index is 14.1. The Morgan fingerprint density at radius 1 is 0.512 bits per heavy atom. The Morgan fingerprint density at radius 3 is 1.37 bits per heavy atom. The minimum absolute atomic E-state index is 0.0966. The number of fused-ring (bicyclic) bond motifs is 4. The molecule has 4 aromatic carbocycles. The predicted octanol–water partition coefficient (Wildman–Crippen LogP) is 6.72. The molecule has 6 nitrogen and oxygen atoms in total. The molecule has 43 heavy (non-hydrogen) atoms. The lowest BCUT2D eigenvalue weighted by Crippen LogP contribution is -2.35. The second-order valence-electron chi connectivity index (χ2n) is 11.7. The van der Waals surface area contributed by atoms with Crippen LogP contribution in [0.25, 0.3) is 21.8 Å². The summed E-state index contributed by atoms with van der Waals surface area (Å²) in [6, 6.07) is 32.8. The van der Waals surface area contributed by atoms with Gasteiger partial charge in [-0.15, -0.1) is 0 Å². The highest BCUT2D eigenvalue weighted by Gasteiger charge is 2.41. The van der Waals surface area contributed by atoms with E-state index in [1.165, 1.54) is 0 Å². The van der Waals surface area contributed by atoms with E-state index in [0.29, 0.717) is 19.5 Å². The van der Waals surface area contributed by atoms with Crippen LogP contribution in [0, 0.1) is 0 Å². The first-order valence-corrected chi connectivity index (χ1v) is 14.9. The number of carbonyl (C=O) groups excluding carboxylic acids is 2. The molecule has 2 aliphatic rings. The summed E-state index contributed by atoms with van der Waals surface area (Å²) in [5.74, 6) is -0.488. The Balaban J connectivity index is 1.07. The summed E-state index contributed by atoms with van der Waals surface area (Å²) in [5.41, 5.74) is 8.34. The number of anilines is 2. The van der Waals surface area contributed by atoms with Gasteiger partial charge in [0.2, 0.25) is 11.8 Å². The van der Waals surface area contributed by atoms with Gasteiger partial charge in [0.05, 0.1) is 11.8 Å². The van der Waals surface area contributed by atoms with E-state index in [4.69, 9.17) is 0 Å². The van der Waals surface area contributed by atoms with Gasteiger partial charge in [0.1, 0.15) is 0 Å². The first-order valence-electron chi connectivity index (χ1n) is 14.9. The Labute approximate surface area is 250 Å². The number of hydrogen-bond donors (Lipinski definition) is 0. The number of carbonyl (C=O) groups is 2. The summed E-state index contributed by atoms with van der Waals surface area (Å²) < 4.78 is 4.21. The first kappa shape index (κ1) is 25.6. The summed E-state index contributed by atoms with van der Waals surface area (Å²) in [6.45, 7) is 1.09. The number of benzene rings is 4. The van der Waals surface area contributed by atoms with Crippen LogP contribution in [0.2, 0.25) is 0 Å². The predicted molar refractivity (Wildman–Crippen MR) is 172 cm³/mol. The molecule has 2 unspecified atom stereocenters. The van der Waals surface area contributed by atoms with Crippen LogP contribution in [0.15, 0.2) is 109 Å². The molecule has 0 bridgehead atoms. The van der Waals surface area contributed by atoms with Gasteiger partial charge in [-0.25, -0.2) is 0 Å². The Kier molecular flexibility index (Phi) is 5.79. The average Bonchev–Trinajstić information content (AvgIpc) is 3.71. The molecule has 4 heterocycles. The molecular weight excluding hydrogens is 532 g/mol. The zero-order valence-electron chi connectivity index (χ0n) is 24.3. The fraction of sp³-hybridized carbons (Fsp3) is 0.189. The van der Waals surface area contributed by atoms with Crippen molar-refractivity contribution in [3.05, 3.63) is 132 Å². The van der Waals surface area contributed by atoms with E-state index in [2.05, 4.69) is 57.9 Å². The van der Waals surface area contributed by atoms with Crippen LogP contribution in [0.1, 0.15) is 40.5 Å². The molecule has 8 rings (SSSR count). The maximum absolute atomic E-state index is 14.1. The molecule has 0 N–H and O–H groups in total. The standard InChI is InChI=1S/C37H32N4O2/c1-38-22-28(24-12-3-7-16-30(24)38)34-26-14-5-9-18-32(26)40(36(34)42)20-11-21-41-33-19-10-6-15-27(33)35(37(41)43)29-23-39(2)31-17-8-4-13-25(29)31/h3-10,12-19,22-23,34-35H,11,20-21H2,1-2H3. The molecule has 0 saturated heterocycles. The third-order valence-electron chi connectivity index (χ3n) is 9.34. The monoisotopic (exact) mass is 564 g/mol. The van der Waals surface area contributed by atoms with Gasteiger partial charge in [0, 0.05) is 72.8 Å². The Morgan fingerprint density at radius 2 is 0.907 bits per heavy atom. The smallest absolute Gasteiger partial charge is 0.239 e. The fourth-order valence-corrected chi connectivity index (χ4v) is 7.43. The maximum Gasteiger partial charge on any atom is 0.239 e. The van der Waals surface area contributed by atoms with E-state index in [-0.39, 0.29) is 23.7 Å². The summed E-state index contributed by atoms with van der Waals surface area (Å²) >= 11 is 0. The van der Waals surface area contributed by atoms with Gasteiger partial charge in [0.15, 0.2) is 0 Å². The van der Waals surface area contributed by atoms with Gasteiger partial charge in [-0.2, -0.15) is 0 Å². The lowest BCUT2D eigenvalue weighted by molar-refractivity contribution is -0.119. The third kappa shape index (κ3) is 3.79. The van der Waals surface area contributed by atoms with Crippen molar-refractivity contribution in [2.24, 2.45) is 14.1 Å². The first-order chi connectivity index (χ1) is 21.0. The Bertz CT molecular complexity index is 1920. The zero-order valence-corrected chi connectivity index (χ0v) is 24.3. The van der Waals surface area contributed by atoms with Crippen LogP contribution in [-0.4, -0.2) is 34.0 Å². The topological polar surface area (TPSA) is 50.5 Å². The van der Waals surface area contributed by atoms with E-state index in [1.54, 1.807) is 0 Å². The lowest BCUT2D eigenvalue weighted by Gasteiger charge is -2.22. The Hall–Kier alpha value is -5.10. The van der Waals surface area contributed by atoms with Gasteiger partial charge in [-0.3, -0.25) is 9.59 Å². The molecule has 2 aliphatic heterocycles. The van der Waals surface area contributed by atoms with Crippen molar-refractivity contribution < 1.29 is 9.59 Å². The summed E-state index contributed by atoms with van der Waals surface area (Å²) in [6.07, 6.45) is 4.87. The van der Waals surface area contributed by atoms with Crippen LogP contribution in [0.4, 0.5) is 11.4 Å². The second-order valence-corrected chi connectivity index (χ2v) is 11.7. The van der Waals surface area contributed by atoms with E-state index < -0.39 is 0 Å². The normalized spacial score (nSPS) is 17.8. The van der Waals surface area contributed by atoms with Gasteiger partial charge in [0.25, 0.3) is 0 Å². The minimum atomic E-state index is -0.341. The fourth-order valence-electron chi connectivity index (χ4n) is 7.43. The average molecular weight is 565 g/mol. The molecule has 2 amide bonds. The number of para-hydroxylation sites is 4. The SMILES string of the molecule is Cn1cc(C2C(=O)N(CCCN3C(=O)C(c4cn(C)c5ccccc45)c4ccccc43)c3ccccc32)c2ccccc21. The van der Waals surface area contributed by atoms with Crippen molar-refractivity contribution in [3.63, 3.8) is 0 Å². The van der Waals surface area contributed by atoms with E-state index in [1.807, 2.05) is 84.6 Å². The largest absolute Gasteiger partial charge is 0.350 e. The molecule has 0 saturated carbocycles. The number of aryl methyl sites for hydroxylation is 2. The summed E-state index contributed by atoms with van der Waals surface area (Å²) in [5, 5.41) is 2.22. The van der Waals surface area contributed by atoms with Crippen molar-refractivity contribution in [1.29, 1.82) is 0 Å². The lowest BCUT2D eigenvalue weighted by atomic mass is 9.92. The van der Waals surface area contributed by atoms with E-state index in [0.717, 1.165) is 55.4 Å². The van der Waals surface area contributed by atoms with Gasteiger partial charge in [-0.05, 0) is 52.9 Å². The van der Waals surface area contributed by atoms with Crippen molar-refractivity contribution in [1.82, 2.24) is 9.13 Å². The van der Waals surface area contributed by atoms with Crippen LogP contribution in [-0.2, 0) is 23.7 Å². The number of aromatic nitrogens is 2. The van der Waals surface area contributed by atoms with Gasteiger partial charge < -0.3 is 18.9 Å². The van der Waals surface area contributed by atoms with Crippen molar-refractivity contribution in [3.8, 4) is 0 Å². The van der Waals surface area contributed by atoms with E-state index in [9.17, 15) is 9.59 Å². The van der Waals surface area contributed by atoms with E-state index >= 15 is 0 Å². The third-order valence-corrected chi connectivity index (χ3v) is 9.34. The molecule has 0 aliphatic carbocycles. The van der Waals surface area contributed by atoms with Crippen LogP contribution < -0.4 is 9.80 Å². The van der Waals surface area contributed by atoms with Gasteiger partial charge in [-0.1, -0.05) is 72.8 Å². The number of hydrogen-bond acceptors (Lipinski definition) is 2. The molecule has 0 radical (unpaired) electrons. The number of nitrogens with zero attached hydrogens (tertiary/aromatic N) is 4. The molecular formula is C37H32N4O2. The number of rotatable bonds is 6. The highest BCUT2D eigenvalue weighted by Crippen LogP contribution is 2.45. The molecule has 0 fully saturated rings. The minimum Gasteiger partial charge on any atom is -0.350 e. The quantitative estimate of drug-likeness (QED) is 0.226. The van der Waals surface area contributed by atoms with Crippen molar-refractivity contribution in [2.75, 3.05) is 22.9 Å². The highest BCUT2D eigenvalue weighted by atomic mass is 16.2. The molecule has 2 atom stereocenters. The zero-order chi connectivity index (χ0) is 29.2. The highest BCUT2D eigenvalue weighted by molar-refractivity contribution is 6.10. The molecule has 212 valence electrons. The molecule has 6 aromatic rings. The molecule has 0 spiro atoms. The van der Waals surface area contributed by atoms with Crippen molar-refractivity contribution in [2.45, 2.75) is 18.3 Å². The van der Waals surface area contributed by atoms with Crippen LogP contribution in [0.3, 0.4) is 0 Å². The van der Waals surface area contributed by atoms with Crippen LogP contribution >= 0.6 is 0 Å². The second kappa shape index (κ2) is 9.73. The van der Waals surface area contributed by atoms with Gasteiger partial charge >= 0.3 is 0 Å². The van der Waals surface area contributed by atoms with Crippen LogP contribution in [0.5, 0.6) is 0 Å².